The summed E-state index contributed by atoms with van der Waals surface area (Å²) in [4.78, 5) is 0. The summed E-state index contributed by atoms with van der Waals surface area (Å²) in [5.74, 6) is 1.43. The van der Waals surface area contributed by atoms with Crippen LogP contribution in [-0.2, 0) is 11.2 Å². The van der Waals surface area contributed by atoms with Crippen LogP contribution in [0.1, 0.15) is 12.5 Å². The van der Waals surface area contributed by atoms with Crippen LogP contribution in [0.5, 0.6) is 5.75 Å². The molecule has 0 aliphatic heterocycles. The SMILES string of the molecule is CCOCC(CNC)Cc1ccc(OC)cc1. The Morgan fingerprint density at radius 2 is 1.94 bits per heavy atom. The van der Waals surface area contributed by atoms with Gasteiger partial charge in [-0.25, -0.2) is 0 Å². The van der Waals surface area contributed by atoms with Crippen molar-refractivity contribution < 1.29 is 9.47 Å². The Labute approximate surface area is 104 Å². The molecule has 0 radical (unpaired) electrons. The molecule has 0 aliphatic rings. The molecule has 1 unspecified atom stereocenters. The normalized spacial score (nSPS) is 12.4. The summed E-state index contributed by atoms with van der Waals surface area (Å²) in [5, 5.41) is 3.21. The molecule has 1 N–H and O–H groups in total. The molecule has 0 saturated carbocycles. The minimum absolute atomic E-state index is 0.522. The monoisotopic (exact) mass is 237 g/mol. The van der Waals surface area contributed by atoms with Crippen molar-refractivity contribution in [1.29, 1.82) is 0 Å². The highest BCUT2D eigenvalue weighted by Gasteiger charge is 2.09. The third-order valence-corrected chi connectivity index (χ3v) is 2.73. The van der Waals surface area contributed by atoms with Crippen molar-refractivity contribution in [2.24, 2.45) is 5.92 Å². The average Bonchev–Trinajstić information content (AvgIpc) is 2.37. The standard InChI is InChI=1S/C14H23NO2/c1-4-17-11-13(10-15-2)9-12-5-7-14(16-3)8-6-12/h5-8,13,15H,4,9-11H2,1-3H3. The summed E-state index contributed by atoms with van der Waals surface area (Å²) >= 11 is 0. The zero-order valence-electron chi connectivity index (χ0n) is 11.0. The molecule has 0 heterocycles. The van der Waals surface area contributed by atoms with Gasteiger partial charge >= 0.3 is 0 Å². The molecule has 0 aromatic heterocycles. The van der Waals surface area contributed by atoms with Gasteiger partial charge in [0.15, 0.2) is 0 Å². The first-order chi connectivity index (χ1) is 8.30. The first-order valence-corrected chi connectivity index (χ1v) is 6.15. The van der Waals surface area contributed by atoms with E-state index in [1.54, 1.807) is 7.11 Å². The van der Waals surface area contributed by atoms with Crippen LogP contribution in [0.15, 0.2) is 24.3 Å². The van der Waals surface area contributed by atoms with E-state index in [4.69, 9.17) is 9.47 Å². The number of hydrogen-bond donors (Lipinski definition) is 1. The molecule has 96 valence electrons. The van der Waals surface area contributed by atoms with E-state index in [2.05, 4.69) is 17.4 Å². The Bertz CT molecular complexity index is 298. The maximum atomic E-state index is 5.50. The molecule has 1 aromatic carbocycles. The highest BCUT2D eigenvalue weighted by atomic mass is 16.5. The largest absolute Gasteiger partial charge is 0.497 e. The van der Waals surface area contributed by atoms with E-state index in [-0.39, 0.29) is 0 Å². The van der Waals surface area contributed by atoms with Crippen LogP contribution in [0, 0.1) is 5.92 Å². The predicted molar refractivity (Wildman–Crippen MR) is 70.6 cm³/mol. The highest BCUT2D eigenvalue weighted by Crippen LogP contribution is 2.14. The van der Waals surface area contributed by atoms with Crippen molar-refractivity contribution >= 4 is 0 Å². The number of hydrogen-bond acceptors (Lipinski definition) is 3. The van der Waals surface area contributed by atoms with Gasteiger partial charge in [0.2, 0.25) is 0 Å². The maximum Gasteiger partial charge on any atom is 0.118 e. The molecular weight excluding hydrogens is 214 g/mol. The van der Waals surface area contributed by atoms with Crippen molar-refractivity contribution in [3.8, 4) is 5.75 Å². The van der Waals surface area contributed by atoms with Gasteiger partial charge in [-0.05, 0) is 44.0 Å². The lowest BCUT2D eigenvalue weighted by molar-refractivity contribution is 0.110. The minimum atomic E-state index is 0.522. The van der Waals surface area contributed by atoms with Crippen LogP contribution < -0.4 is 10.1 Å². The molecule has 0 amide bonds. The molecule has 0 bridgehead atoms. The van der Waals surface area contributed by atoms with E-state index in [0.29, 0.717) is 5.92 Å². The van der Waals surface area contributed by atoms with Gasteiger partial charge in [0.1, 0.15) is 5.75 Å². The van der Waals surface area contributed by atoms with Gasteiger partial charge in [-0.2, -0.15) is 0 Å². The molecule has 3 heteroatoms. The lowest BCUT2D eigenvalue weighted by atomic mass is 10.00. The van der Waals surface area contributed by atoms with E-state index in [1.165, 1.54) is 5.56 Å². The third kappa shape index (κ3) is 5.20. The van der Waals surface area contributed by atoms with E-state index < -0.39 is 0 Å². The molecule has 1 atom stereocenters. The van der Waals surface area contributed by atoms with Crippen LogP contribution >= 0.6 is 0 Å². The molecule has 1 aromatic rings. The second-order valence-electron chi connectivity index (χ2n) is 4.14. The van der Waals surface area contributed by atoms with Gasteiger partial charge < -0.3 is 14.8 Å². The summed E-state index contributed by atoms with van der Waals surface area (Å²) in [6, 6.07) is 8.25. The van der Waals surface area contributed by atoms with Gasteiger partial charge in [0.05, 0.1) is 13.7 Å². The number of ether oxygens (including phenoxy) is 2. The summed E-state index contributed by atoms with van der Waals surface area (Å²) < 4.78 is 10.7. The molecule has 0 fully saturated rings. The lowest BCUT2D eigenvalue weighted by Crippen LogP contribution is -2.25. The smallest absolute Gasteiger partial charge is 0.118 e. The van der Waals surface area contributed by atoms with Crippen LogP contribution in [0.3, 0.4) is 0 Å². The van der Waals surface area contributed by atoms with E-state index in [0.717, 1.165) is 31.9 Å². The maximum absolute atomic E-state index is 5.50. The molecule has 1 rings (SSSR count). The van der Waals surface area contributed by atoms with Crippen molar-refractivity contribution in [3.05, 3.63) is 29.8 Å². The van der Waals surface area contributed by atoms with E-state index in [1.807, 2.05) is 26.1 Å². The third-order valence-electron chi connectivity index (χ3n) is 2.73. The van der Waals surface area contributed by atoms with E-state index in [9.17, 15) is 0 Å². The van der Waals surface area contributed by atoms with Crippen molar-refractivity contribution in [2.45, 2.75) is 13.3 Å². The van der Waals surface area contributed by atoms with E-state index >= 15 is 0 Å². The highest BCUT2D eigenvalue weighted by molar-refractivity contribution is 5.27. The second kappa shape index (κ2) is 8.09. The topological polar surface area (TPSA) is 30.5 Å². The Morgan fingerprint density at radius 1 is 1.24 bits per heavy atom. The Morgan fingerprint density at radius 3 is 2.47 bits per heavy atom. The Balaban J connectivity index is 2.51. The Kier molecular flexibility index (Phi) is 6.67. The first-order valence-electron chi connectivity index (χ1n) is 6.15. The summed E-state index contributed by atoms with van der Waals surface area (Å²) in [6.07, 6.45) is 1.03. The Hall–Kier alpha value is -1.06. The van der Waals surface area contributed by atoms with Crippen LogP contribution in [0.25, 0.3) is 0 Å². The molecule has 17 heavy (non-hydrogen) atoms. The molecule has 3 nitrogen and oxygen atoms in total. The van der Waals surface area contributed by atoms with Crippen LogP contribution in [0.2, 0.25) is 0 Å². The van der Waals surface area contributed by atoms with Gasteiger partial charge in [-0.15, -0.1) is 0 Å². The molecule has 0 spiro atoms. The van der Waals surface area contributed by atoms with Gasteiger partial charge in [-0.3, -0.25) is 0 Å². The molecule has 0 saturated heterocycles. The fourth-order valence-corrected chi connectivity index (χ4v) is 1.86. The quantitative estimate of drug-likeness (QED) is 0.751. The average molecular weight is 237 g/mol. The molecular formula is C14H23NO2. The predicted octanol–water partition coefficient (Wildman–Crippen LogP) is 2.11. The van der Waals surface area contributed by atoms with Crippen molar-refractivity contribution in [3.63, 3.8) is 0 Å². The van der Waals surface area contributed by atoms with Gasteiger partial charge in [-0.1, -0.05) is 12.1 Å². The summed E-state index contributed by atoms with van der Waals surface area (Å²) in [5.41, 5.74) is 1.32. The number of methoxy groups -OCH3 is 1. The van der Waals surface area contributed by atoms with Crippen molar-refractivity contribution in [1.82, 2.24) is 5.32 Å². The number of rotatable bonds is 8. The summed E-state index contributed by atoms with van der Waals surface area (Å²) in [6.45, 7) is 4.60. The molecule has 0 aliphatic carbocycles. The lowest BCUT2D eigenvalue weighted by Gasteiger charge is -2.16. The zero-order valence-corrected chi connectivity index (χ0v) is 11.0. The van der Waals surface area contributed by atoms with Crippen molar-refractivity contribution in [2.75, 3.05) is 33.9 Å². The zero-order chi connectivity index (χ0) is 12.5. The fourth-order valence-electron chi connectivity index (χ4n) is 1.86. The van der Waals surface area contributed by atoms with Crippen LogP contribution in [0.4, 0.5) is 0 Å². The minimum Gasteiger partial charge on any atom is -0.497 e. The van der Waals surface area contributed by atoms with Gasteiger partial charge in [0.25, 0.3) is 0 Å². The number of benzene rings is 1. The van der Waals surface area contributed by atoms with Gasteiger partial charge in [0, 0.05) is 13.2 Å². The number of nitrogens with one attached hydrogen (secondary N) is 1. The summed E-state index contributed by atoms with van der Waals surface area (Å²) in [7, 11) is 3.67. The second-order valence-corrected chi connectivity index (χ2v) is 4.14. The fraction of sp³-hybridized carbons (Fsp3) is 0.571. The first kappa shape index (κ1) is 14.0. The van der Waals surface area contributed by atoms with Crippen LogP contribution in [-0.4, -0.2) is 33.9 Å².